The Morgan fingerprint density at radius 2 is 0.452 bits per heavy atom. The van der Waals surface area contributed by atoms with Crippen LogP contribution in [0.2, 0.25) is 0 Å². The van der Waals surface area contributed by atoms with Crippen LogP contribution in [0.1, 0.15) is 287 Å². The van der Waals surface area contributed by atoms with Crippen LogP contribution in [0.5, 0.6) is 0 Å². The highest BCUT2D eigenvalue weighted by Gasteiger charge is 2.21. The molecule has 0 radical (unpaired) electrons. The summed E-state index contributed by atoms with van der Waals surface area (Å²) >= 11 is 14.6. The van der Waals surface area contributed by atoms with Crippen molar-refractivity contribution in [3.8, 4) is 58.5 Å². The summed E-state index contributed by atoms with van der Waals surface area (Å²) in [6.07, 6.45) is 44.2. The van der Waals surface area contributed by atoms with Crippen LogP contribution in [0.25, 0.3) is 58.5 Å². The van der Waals surface area contributed by atoms with Crippen molar-refractivity contribution in [3.63, 3.8) is 0 Å². The standard InChI is InChI=1S/C74H98O2S8/c1-5-9-13-17-21-23-27-31-35-55(33-29-25-19-15-11-7-3)59-39-43-63(77-59)67-47-51-71(81-67)73-53-49-69(83-73)65-45-41-61(79-65)57(75)37-38-58(76)62-42-46-66(80-62)70-50-54-74(84-70)72-52-48-68(82-72)64-44-40-60(78-64)56(34-30-26-20-16-12-8-4)36-32-28-24-22-18-14-10-6-2/h39-56H,5-38H2,1-4H3. The zero-order valence-corrected chi connectivity index (χ0v) is 58.0. The molecule has 0 aliphatic rings. The van der Waals surface area contributed by atoms with Gasteiger partial charge in [-0.1, -0.05) is 207 Å². The number of thiophene rings is 8. The molecule has 0 bridgehead atoms. The highest BCUT2D eigenvalue weighted by molar-refractivity contribution is 7.29. The number of Topliss-reactive ketones (excluding diaryl/α,β-unsaturated/α-hetero) is 2. The van der Waals surface area contributed by atoms with E-state index in [1.165, 1.54) is 254 Å². The SMILES string of the molecule is CCCCCCCCCCC(CCCCCCCC)c1ccc(-c2ccc(-c3ccc(-c4ccc(C(=O)CCC(=O)c5ccc(-c6ccc(-c7ccc(-c8ccc(C(CCCCCCCC)CCCCCCCCCC)s8)s7)s6)s5)s4)s3)s2)s1. The molecular weight excluding hydrogens is 1180 g/mol. The van der Waals surface area contributed by atoms with Gasteiger partial charge in [0.05, 0.1) is 9.75 Å². The number of carbonyl (C=O) groups excluding carboxylic acids is 2. The molecule has 8 aromatic rings. The Labute approximate surface area is 540 Å². The predicted molar refractivity (Wildman–Crippen MR) is 382 cm³/mol. The van der Waals surface area contributed by atoms with E-state index in [4.69, 9.17) is 0 Å². The summed E-state index contributed by atoms with van der Waals surface area (Å²) in [5, 5.41) is 0. The average molecular weight is 1280 g/mol. The molecule has 84 heavy (non-hydrogen) atoms. The van der Waals surface area contributed by atoms with Gasteiger partial charge in [0.1, 0.15) is 0 Å². The first-order chi connectivity index (χ1) is 41.3. The van der Waals surface area contributed by atoms with Crippen LogP contribution in [0, 0.1) is 0 Å². The molecule has 10 heteroatoms. The first-order valence-electron chi connectivity index (χ1n) is 33.2. The molecule has 0 aliphatic carbocycles. The summed E-state index contributed by atoms with van der Waals surface area (Å²) in [5.74, 6) is 1.45. The van der Waals surface area contributed by atoms with Gasteiger partial charge in [-0.2, -0.15) is 0 Å². The van der Waals surface area contributed by atoms with Crippen LogP contribution in [0.3, 0.4) is 0 Å². The monoisotopic (exact) mass is 1270 g/mol. The lowest BCUT2D eigenvalue weighted by Gasteiger charge is -2.15. The fourth-order valence-corrected chi connectivity index (χ4v) is 20.7. The number of hydrogen-bond acceptors (Lipinski definition) is 10. The molecule has 0 spiro atoms. The molecule has 2 nitrogen and oxygen atoms in total. The molecule has 0 amide bonds. The van der Waals surface area contributed by atoms with Crippen LogP contribution in [-0.2, 0) is 0 Å². The lowest BCUT2D eigenvalue weighted by atomic mass is 9.93. The number of ketones is 2. The topological polar surface area (TPSA) is 34.1 Å². The second kappa shape index (κ2) is 37.7. The fourth-order valence-electron chi connectivity index (χ4n) is 11.8. The maximum absolute atomic E-state index is 13.6. The fraction of sp³-hybridized carbons (Fsp3) is 0.541. The van der Waals surface area contributed by atoms with Gasteiger partial charge in [-0.15, -0.1) is 90.7 Å². The molecule has 0 saturated heterocycles. The van der Waals surface area contributed by atoms with Crippen molar-refractivity contribution in [3.05, 3.63) is 117 Å². The molecule has 0 aromatic carbocycles. The Morgan fingerprint density at radius 1 is 0.250 bits per heavy atom. The second-order valence-corrected chi connectivity index (χ2v) is 32.5. The van der Waals surface area contributed by atoms with Crippen LogP contribution in [0.15, 0.2) is 97.1 Å². The van der Waals surface area contributed by atoms with Gasteiger partial charge in [0.2, 0.25) is 0 Å². The highest BCUT2D eigenvalue weighted by atomic mass is 32.1. The van der Waals surface area contributed by atoms with E-state index >= 15 is 0 Å². The molecule has 8 aromatic heterocycles. The zero-order valence-electron chi connectivity index (χ0n) is 51.5. The van der Waals surface area contributed by atoms with Crippen molar-refractivity contribution >= 4 is 102 Å². The predicted octanol–water partition coefficient (Wildman–Crippen LogP) is 28.8. The molecule has 2 unspecified atom stereocenters. The molecule has 8 heterocycles. The van der Waals surface area contributed by atoms with Crippen molar-refractivity contribution in [2.45, 2.75) is 258 Å². The van der Waals surface area contributed by atoms with E-state index in [9.17, 15) is 9.59 Å². The Hall–Kier alpha value is -3.06. The minimum absolute atomic E-state index is 0.0437. The maximum Gasteiger partial charge on any atom is 0.173 e. The summed E-state index contributed by atoms with van der Waals surface area (Å²) in [6.45, 7) is 9.23. The summed E-state index contributed by atoms with van der Waals surface area (Å²) in [6, 6.07) is 35.9. The quantitative estimate of drug-likeness (QED) is 0.0282. The number of rotatable bonds is 45. The minimum Gasteiger partial charge on any atom is -0.293 e. The van der Waals surface area contributed by atoms with E-state index in [1.807, 2.05) is 57.5 Å². The molecule has 8 rings (SSSR count). The molecule has 0 fully saturated rings. The van der Waals surface area contributed by atoms with Gasteiger partial charge in [0, 0.05) is 81.1 Å². The second-order valence-electron chi connectivity index (χ2n) is 23.8. The summed E-state index contributed by atoms with van der Waals surface area (Å²) < 4.78 is 0. The third-order valence-electron chi connectivity index (χ3n) is 16.9. The lowest BCUT2D eigenvalue weighted by Crippen LogP contribution is -2.02. The number of hydrogen-bond donors (Lipinski definition) is 0. The first kappa shape index (κ1) is 66.9. The Kier molecular flexibility index (Phi) is 30.0. The Balaban J connectivity index is 0.801. The Morgan fingerprint density at radius 3 is 0.714 bits per heavy atom. The van der Waals surface area contributed by atoms with Crippen molar-refractivity contribution in [2.24, 2.45) is 0 Å². The maximum atomic E-state index is 13.6. The van der Waals surface area contributed by atoms with E-state index in [0.717, 1.165) is 19.5 Å². The van der Waals surface area contributed by atoms with E-state index in [-0.39, 0.29) is 24.4 Å². The largest absolute Gasteiger partial charge is 0.293 e. The molecule has 0 saturated carbocycles. The van der Waals surface area contributed by atoms with Gasteiger partial charge >= 0.3 is 0 Å². The molecular formula is C74H98O2S8. The van der Waals surface area contributed by atoms with E-state index < -0.39 is 0 Å². The van der Waals surface area contributed by atoms with E-state index in [1.54, 1.807) is 55.1 Å². The molecule has 454 valence electrons. The summed E-state index contributed by atoms with van der Waals surface area (Å²) in [4.78, 5) is 47.0. The van der Waals surface area contributed by atoms with E-state index in [2.05, 4.69) is 113 Å². The Bertz CT molecular complexity index is 2870. The lowest BCUT2D eigenvalue weighted by molar-refractivity contribution is 0.0921. The van der Waals surface area contributed by atoms with Crippen LogP contribution in [0.4, 0.5) is 0 Å². The summed E-state index contributed by atoms with van der Waals surface area (Å²) in [5.41, 5.74) is 0. The van der Waals surface area contributed by atoms with E-state index in [0.29, 0.717) is 11.8 Å². The van der Waals surface area contributed by atoms with Gasteiger partial charge < -0.3 is 0 Å². The van der Waals surface area contributed by atoms with Crippen molar-refractivity contribution in [2.75, 3.05) is 0 Å². The van der Waals surface area contributed by atoms with Crippen molar-refractivity contribution in [1.82, 2.24) is 0 Å². The highest BCUT2D eigenvalue weighted by Crippen LogP contribution is 2.47. The molecule has 0 N–H and O–H groups in total. The summed E-state index contributed by atoms with van der Waals surface area (Å²) in [7, 11) is 0. The van der Waals surface area contributed by atoms with Gasteiger partial charge in [-0.3, -0.25) is 9.59 Å². The van der Waals surface area contributed by atoms with Gasteiger partial charge in [-0.05, 0) is 135 Å². The third-order valence-corrected chi connectivity index (χ3v) is 27.2. The van der Waals surface area contributed by atoms with Crippen LogP contribution >= 0.6 is 90.7 Å². The normalized spacial score (nSPS) is 12.5. The van der Waals surface area contributed by atoms with Crippen LogP contribution < -0.4 is 0 Å². The number of unbranched alkanes of at least 4 members (excludes halogenated alkanes) is 24. The third kappa shape index (κ3) is 21.3. The minimum atomic E-state index is 0.0437. The average Bonchev–Trinajstić information content (AvgIpc) is 4.47. The first-order valence-corrected chi connectivity index (χ1v) is 39.7. The smallest absolute Gasteiger partial charge is 0.173 e. The van der Waals surface area contributed by atoms with Crippen molar-refractivity contribution < 1.29 is 9.59 Å². The van der Waals surface area contributed by atoms with Gasteiger partial charge in [0.25, 0.3) is 0 Å². The van der Waals surface area contributed by atoms with Gasteiger partial charge in [0.15, 0.2) is 11.6 Å². The molecule has 2 atom stereocenters. The van der Waals surface area contributed by atoms with Gasteiger partial charge in [-0.25, -0.2) is 0 Å². The van der Waals surface area contributed by atoms with Crippen LogP contribution in [-0.4, -0.2) is 11.6 Å². The van der Waals surface area contributed by atoms with Crippen molar-refractivity contribution in [1.29, 1.82) is 0 Å². The number of carbonyl (C=O) groups is 2. The molecule has 0 aliphatic heterocycles. The zero-order chi connectivity index (χ0) is 58.6.